The van der Waals surface area contributed by atoms with E-state index in [1.807, 2.05) is 12.1 Å². The highest BCUT2D eigenvalue weighted by Gasteiger charge is 2.02. The standard InChI is InChI=1S/C15H17N/c1-3-14-11-16(12-15(14)4-2)10-13-8-6-5-7-9-13/h3,5-9,11-12H,1,4,10H2,2H3. The molecular formula is C15H17N. The lowest BCUT2D eigenvalue weighted by Crippen LogP contribution is -1.95. The Hall–Kier alpha value is -1.76. The van der Waals surface area contributed by atoms with E-state index in [-0.39, 0.29) is 0 Å². The monoisotopic (exact) mass is 211 g/mol. The number of hydrogen-bond donors (Lipinski definition) is 0. The summed E-state index contributed by atoms with van der Waals surface area (Å²) in [6.45, 7) is 6.95. The molecule has 82 valence electrons. The molecule has 0 aliphatic rings. The number of benzene rings is 1. The first-order valence-electron chi connectivity index (χ1n) is 5.68. The van der Waals surface area contributed by atoms with Crippen LogP contribution in [0.2, 0.25) is 0 Å². The zero-order chi connectivity index (χ0) is 11.4. The minimum absolute atomic E-state index is 0.932. The predicted molar refractivity (Wildman–Crippen MR) is 69.4 cm³/mol. The summed E-state index contributed by atoms with van der Waals surface area (Å²) in [6.07, 6.45) is 7.37. The van der Waals surface area contributed by atoms with E-state index in [1.54, 1.807) is 0 Å². The predicted octanol–water partition coefficient (Wildman–Crippen LogP) is 3.74. The third kappa shape index (κ3) is 2.25. The van der Waals surface area contributed by atoms with Crippen molar-refractivity contribution >= 4 is 6.08 Å². The van der Waals surface area contributed by atoms with Crippen LogP contribution in [-0.4, -0.2) is 4.57 Å². The van der Waals surface area contributed by atoms with Crippen molar-refractivity contribution in [1.29, 1.82) is 0 Å². The minimum Gasteiger partial charge on any atom is -0.349 e. The zero-order valence-electron chi connectivity index (χ0n) is 9.69. The van der Waals surface area contributed by atoms with E-state index in [4.69, 9.17) is 0 Å². The molecule has 0 amide bonds. The molecule has 0 saturated heterocycles. The van der Waals surface area contributed by atoms with E-state index in [0.29, 0.717) is 0 Å². The Morgan fingerprint density at radius 2 is 1.94 bits per heavy atom. The summed E-state index contributed by atoms with van der Waals surface area (Å²) >= 11 is 0. The first kappa shape index (κ1) is 10.7. The van der Waals surface area contributed by atoms with Gasteiger partial charge in [-0.2, -0.15) is 0 Å². The van der Waals surface area contributed by atoms with Crippen molar-refractivity contribution < 1.29 is 0 Å². The highest BCUT2D eigenvalue weighted by molar-refractivity contribution is 5.51. The second-order valence-electron chi connectivity index (χ2n) is 3.95. The fourth-order valence-electron chi connectivity index (χ4n) is 1.94. The quantitative estimate of drug-likeness (QED) is 0.726. The first-order valence-corrected chi connectivity index (χ1v) is 5.68. The van der Waals surface area contributed by atoms with Crippen molar-refractivity contribution in [1.82, 2.24) is 4.57 Å². The molecule has 0 aliphatic carbocycles. The minimum atomic E-state index is 0.932. The Morgan fingerprint density at radius 1 is 1.19 bits per heavy atom. The van der Waals surface area contributed by atoms with Crippen LogP contribution >= 0.6 is 0 Å². The number of rotatable bonds is 4. The van der Waals surface area contributed by atoms with Crippen LogP contribution in [0.5, 0.6) is 0 Å². The molecule has 1 heterocycles. The van der Waals surface area contributed by atoms with Gasteiger partial charge in [0.05, 0.1) is 0 Å². The fraction of sp³-hybridized carbons (Fsp3) is 0.200. The molecule has 0 saturated carbocycles. The van der Waals surface area contributed by atoms with Gasteiger partial charge >= 0.3 is 0 Å². The number of hydrogen-bond acceptors (Lipinski definition) is 0. The van der Waals surface area contributed by atoms with Crippen LogP contribution in [0.3, 0.4) is 0 Å². The van der Waals surface area contributed by atoms with Gasteiger partial charge < -0.3 is 4.57 Å². The summed E-state index contributed by atoms with van der Waals surface area (Å²) in [5.41, 5.74) is 3.94. The Balaban J connectivity index is 2.22. The van der Waals surface area contributed by atoms with Gasteiger partial charge in [-0.25, -0.2) is 0 Å². The van der Waals surface area contributed by atoms with E-state index in [2.05, 4.69) is 54.7 Å². The molecular weight excluding hydrogens is 194 g/mol. The molecule has 1 aromatic carbocycles. The first-order chi connectivity index (χ1) is 7.83. The van der Waals surface area contributed by atoms with Crippen LogP contribution in [0.1, 0.15) is 23.6 Å². The Kier molecular flexibility index (Phi) is 3.25. The van der Waals surface area contributed by atoms with Gasteiger partial charge in [-0.3, -0.25) is 0 Å². The fourth-order valence-corrected chi connectivity index (χ4v) is 1.94. The van der Waals surface area contributed by atoms with Gasteiger partial charge in [0.1, 0.15) is 0 Å². The largest absolute Gasteiger partial charge is 0.349 e. The van der Waals surface area contributed by atoms with Crippen LogP contribution < -0.4 is 0 Å². The van der Waals surface area contributed by atoms with Gasteiger partial charge in [-0.1, -0.05) is 49.9 Å². The third-order valence-corrected chi connectivity index (χ3v) is 2.81. The lowest BCUT2D eigenvalue weighted by molar-refractivity contribution is 0.802. The van der Waals surface area contributed by atoms with E-state index in [0.717, 1.165) is 13.0 Å². The van der Waals surface area contributed by atoms with Crippen molar-refractivity contribution in [3.63, 3.8) is 0 Å². The maximum atomic E-state index is 3.85. The summed E-state index contributed by atoms with van der Waals surface area (Å²) in [5, 5.41) is 0. The smallest absolute Gasteiger partial charge is 0.0470 e. The van der Waals surface area contributed by atoms with Crippen LogP contribution in [0.15, 0.2) is 49.3 Å². The Bertz CT molecular complexity index is 465. The molecule has 0 radical (unpaired) electrons. The van der Waals surface area contributed by atoms with E-state index in [9.17, 15) is 0 Å². The number of aryl methyl sites for hydroxylation is 1. The Morgan fingerprint density at radius 3 is 2.50 bits per heavy atom. The van der Waals surface area contributed by atoms with Crippen LogP contribution in [-0.2, 0) is 13.0 Å². The molecule has 0 N–H and O–H groups in total. The zero-order valence-corrected chi connectivity index (χ0v) is 9.69. The second kappa shape index (κ2) is 4.84. The molecule has 0 aliphatic heterocycles. The van der Waals surface area contributed by atoms with Gasteiger partial charge in [0.2, 0.25) is 0 Å². The van der Waals surface area contributed by atoms with Crippen LogP contribution in [0.4, 0.5) is 0 Å². The summed E-state index contributed by atoms with van der Waals surface area (Å²) < 4.78 is 2.23. The van der Waals surface area contributed by atoms with Crippen LogP contribution in [0, 0.1) is 0 Å². The lowest BCUT2D eigenvalue weighted by Gasteiger charge is -2.02. The maximum absolute atomic E-state index is 3.85. The summed E-state index contributed by atoms with van der Waals surface area (Å²) in [6, 6.07) is 10.5. The normalized spacial score (nSPS) is 10.3. The maximum Gasteiger partial charge on any atom is 0.0470 e. The lowest BCUT2D eigenvalue weighted by atomic mass is 10.1. The summed E-state index contributed by atoms with van der Waals surface area (Å²) in [4.78, 5) is 0. The highest BCUT2D eigenvalue weighted by Crippen LogP contribution is 2.14. The summed E-state index contributed by atoms with van der Waals surface area (Å²) in [7, 11) is 0. The van der Waals surface area contributed by atoms with Gasteiger partial charge in [-0.05, 0) is 23.1 Å². The van der Waals surface area contributed by atoms with Crippen molar-refractivity contribution in [2.45, 2.75) is 19.9 Å². The van der Waals surface area contributed by atoms with Crippen molar-refractivity contribution in [2.75, 3.05) is 0 Å². The molecule has 1 nitrogen and oxygen atoms in total. The molecule has 0 spiro atoms. The van der Waals surface area contributed by atoms with Gasteiger partial charge in [0.25, 0.3) is 0 Å². The average Bonchev–Trinajstić information content (AvgIpc) is 2.72. The van der Waals surface area contributed by atoms with Gasteiger partial charge in [-0.15, -0.1) is 0 Å². The van der Waals surface area contributed by atoms with E-state index >= 15 is 0 Å². The molecule has 1 aromatic heterocycles. The van der Waals surface area contributed by atoms with E-state index in [1.165, 1.54) is 16.7 Å². The molecule has 1 heteroatoms. The van der Waals surface area contributed by atoms with Gasteiger partial charge in [0.15, 0.2) is 0 Å². The molecule has 0 bridgehead atoms. The van der Waals surface area contributed by atoms with Crippen LogP contribution in [0.25, 0.3) is 6.08 Å². The Labute approximate surface area is 97.0 Å². The SMILES string of the molecule is C=Cc1cn(Cc2ccccc2)cc1CC. The second-order valence-corrected chi connectivity index (χ2v) is 3.95. The molecule has 0 atom stereocenters. The molecule has 0 unspecified atom stereocenters. The van der Waals surface area contributed by atoms with Gasteiger partial charge in [0, 0.05) is 18.9 Å². The number of aromatic nitrogens is 1. The molecule has 2 rings (SSSR count). The highest BCUT2D eigenvalue weighted by atomic mass is 14.9. The molecule has 16 heavy (non-hydrogen) atoms. The topological polar surface area (TPSA) is 4.93 Å². The van der Waals surface area contributed by atoms with E-state index < -0.39 is 0 Å². The van der Waals surface area contributed by atoms with Crippen molar-refractivity contribution in [3.8, 4) is 0 Å². The number of nitrogens with zero attached hydrogens (tertiary/aromatic N) is 1. The molecule has 0 fully saturated rings. The third-order valence-electron chi connectivity index (χ3n) is 2.81. The van der Waals surface area contributed by atoms with Crippen molar-refractivity contribution in [3.05, 3.63) is 66.0 Å². The molecule has 2 aromatic rings. The van der Waals surface area contributed by atoms with Crippen molar-refractivity contribution in [2.24, 2.45) is 0 Å². The average molecular weight is 211 g/mol. The summed E-state index contributed by atoms with van der Waals surface area (Å²) in [5.74, 6) is 0.